The quantitative estimate of drug-likeness (QED) is 0.346. The van der Waals surface area contributed by atoms with Gasteiger partial charge in [-0.15, -0.1) is 0 Å². The van der Waals surface area contributed by atoms with Crippen LogP contribution in [-0.2, 0) is 21.9 Å². The van der Waals surface area contributed by atoms with Gasteiger partial charge in [-0.2, -0.15) is 26.3 Å². The number of alkyl halides is 6. The minimum Gasteiger partial charge on any atom is -0.444 e. The summed E-state index contributed by atoms with van der Waals surface area (Å²) in [5.41, 5.74) is -2.99. The fourth-order valence-corrected chi connectivity index (χ4v) is 5.10. The molecular formula is C29H33F7N2O3. The molecule has 226 valence electrons. The molecule has 2 aromatic rings. The molecule has 41 heavy (non-hydrogen) atoms. The molecule has 0 bridgehead atoms. The molecule has 5 nitrogen and oxygen atoms in total. The number of likely N-dealkylation sites (N-methyl/N-ethyl adjacent to an activating group) is 1. The van der Waals surface area contributed by atoms with Gasteiger partial charge in [0.2, 0.25) is 5.91 Å². The minimum atomic E-state index is -5.05. The van der Waals surface area contributed by atoms with E-state index in [2.05, 4.69) is 0 Å². The van der Waals surface area contributed by atoms with Gasteiger partial charge in [-0.05, 0) is 88.1 Å². The molecule has 1 heterocycles. The molecule has 2 amide bonds. The van der Waals surface area contributed by atoms with Crippen LogP contribution in [0, 0.1) is 12.7 Å². The molecule has 0 spiro atoms. The Morgan fingerprint density at radius 1 is 0.976 bits per heavy atom. The van der Waals surface area contributed by atoms with Crippen LogP contribution in [-0.4, -0.2) is 53.6 Å². The molecule has 3 rings (SSSR count). The van der Waals surface area contributed by atoms with Crippen molar-refractivity contribution in [3.05, 3.63) is 70.0 Å². The first-order valence-electron chi connectivity index (χ1n) is 13.0. The molecule has 0 N–H and O–H groups in total. The molecule has 0 aliphatic carbocycles. The first kappa shape index (κ1) is 32.2. The Kier molecular flexibility index (Phi) is 9.05. The van der Waals surface area contributed by atoms with Gasteiger partial charge < -0.3 is 14.5 Å². The lowest BCUT2D eigenvalue weighted by Gasteiger charge is -2.44. The number of likely N-dealkylation sites (tertiary alicyclic amines) is 1. The van der Waals surface area contributed by atoms with Gasteiger partial charge in [0.1, 0.15) is 11.4 Å². The Morgan fingerprint density at radius 2 is 1.54 bits per heavy atom. The highest BCUT2D eigenvalue weighted by atomic mass is 19.4. The number of benzene rings is 2. The second-order valence-corrected chi connectivity index (χ2v) is 11.4. The van der Waals surface area contributed by atoms with E-state index >= 15 is 0 Å². The first-order chi connectivity index (χ1) is 18.7. The van der Waals surface area contributed by atoms with Crippen LogP contribution in [0.25, 0.3) is 0 Å². The highest BCUT2D eigenvalue weighted by Crippen LogP contribution is 2.39. The van der Waals surface area contributed by atoms with Crippen molar-refractivity contribution in [2.45, 2.75) is 76.9 Å². The van der Waals surface area contributed by atoms with Crippen molar-refractivity contribution in [2.24, 2.45) is 0 Å². The molecule has 2 aromatic carbocycles. The average Bonchev–Trinajstić information content (AvgIpc) is 2.84. The number of carbonyl (C=O) groups is 2. The molecular weight excluding hydrogens is 557 g/mol. The van der Waals surface area contributed by atoms with E-state index in [0.717, 1.165) is 0 Å². The van der Waals surface area contributed by atoms with Crippen molar-refractivity contribution in [1.82, 2.24) is 9.80 Å². The number of rotatable bonds is 4. The number of piperidine rings is 1. The van der Waals surface area contributed by atoms with Gasteiger partial charge in [0.05, 0.1) is 17.0 Å². The van der Waals surface area contributed by atoms with E-state index in [1.165, 1.54) is 35.9 Å². The lowest BCUT2D eigenvalue weighted by atomic mass is 9.82. The topological polar surface area (TPSA) is 49.9 Å². The lowest BCUT2D eigenvalue weighted by Crippen LogP contribution is -2.53. The zero-order chi connectivity index (χ0) is 31.1. The van der Waals surface area contributed by atoms with Gasteiger partial charge in [-0.25, -0.2) is 9.18 Å². The number of ether oxygens (including phenoxy) is 1. The van der Waals surface area contributed by atoms with E-state index in [-0.39, 0.29) is 25.6 Å². The number of halogens is 7. The molecule has 12 heteroatoms. The largest absolute Gasteiger partial charge is 0.444 e. The zero-order valence-corrected chi connectivity index (χ0v) is 23.6. The standard InChI is InChI=1S/C29H33F7N2O3/c1-16-11-21(30)7-8-22(16)23-15-38(26(40)41-27(3,4)5)10-9-24(23)37(6)25(39)17(2)18-12-19(28(31,32)33)14-20(13-18)29(34,35)36/h7-8,11-14,17,23-24H,9-10,15H2,1-6H3/t17-,23-,24+/m1/s1. The Morgan fingerprint density at radius 3 is 2.02 bits per heavy atom. The maximum absolute atomic E-state index is 13.9. The Bertz CT molecular complexity index is 1250. The van der Waals surface area contributed by atoms with Crippen LogP contribution < -0.4 is 0 Å². The SMILES string of the molecule is Cc1cc(F)ccc1[C@H]1CN(C(=O)OC(C)(C)C)CC[C@@H]1N(C)C(=O)[C@H](C)c1cc(C(F)(F)F)cc(C(F)(F)F)c1. The molecule has 0 radical (unpaired) electrons. The Labute approximate surface area is 234 Å². The van der Waals surface area contributed by atoms with Gasteiger partial charge in [0, 0.05) is 32.1 Å². The van der Waals surface area contributed by atoms with Gasteiger partial charge in [0.15, 0.2) is 0 Å². The van der Waals surface area contributed by atoms with Crippen molar-refractivity contribution < 1.29 is 45.1 Å². The molecule has 1 aliphatic rings. The number of carbonyl (C=O) groups excluding carboxylic acids is 2. The van der Waals surface area contributed by atoms with E-state index in [1.807, 2.05) is 0 Å². The number of hydrogen-bond acceptors (Lipinski definition) is 3. The summed E-state index contributed by atoms with van der Waals surface area (Å²) < 4.78 is 100.0. The highest BCUT2D eigenvalue weighted by Gasteiger charge is 2.41. The van der Waals surface area contributed by atoms with Gasteiger partial charge in [-0.1, -0.05) is 6.07 Å². The van der Waals surface area contributed by atoms with Gasteiger partial charge >= 0.3 is 18.4 Å². The van der Waals surface area contributed by atoms with E-state index in [1.54, 1.807) is 33.8 Å². The van der Waals surface area contributed by atoms with Crippen LogP contribution in [0.1, 0.15) is 73.8 Å². The summed E-state index contributed by atoms with van der Waals surface area (Å²) in [5, 5.41) is 0. The zero-order valence-electron chi connectivity index (χ0n) is 23.6. The van der Waals surface area contributed by atoms with Crippen molar-refractivity contribution in [3.8, 4) is 0 Å². The lowest BCUT2D eigenvalue weighted by molar-refractivity contribution is -0.143. The summed E-state index contributed by atoms with van der Waals surface area (Å²) in [6.07, 6.45) is -10.4. The maximum atomic E-state index is 13.9. The van der Waals surface area contributed by atoms with Crippen LogP contribution >= 0.6 is 0 Å². The number of amides is 2. The third kappa shape index (κ3) is 7.71. The summed E-state index contributed by atoms with van der Waals surface area (Å²) in [7, 11) is 1.43. The maximum Gasteiger partial charge on any atom is 0.416 e. The second-order valence-electron chi connectivity index (χ2n) is 11.4. The number of aryl methyl sites for hydroxylation is 1. The monoisotopic (exact) mass is 590 g/mol. The smallest absolute Gasteiger partial charge is 0.416 e. The van der Waals surface area contributed by atoms with Crippen molar-refractivity contribution >= 4 is 12.0 Å². The molecule has 3 atom stereocenters. The van der Waals surface area contributed by atoms with Crippen LogP contribution in [0.5, 0.6) is 0 Å². The third-order valence-electron chi connectivity index (χ3n) is 7.18. The van der Waals surface area contributed by atoms with Crippen LogP contribution in [0.3, 0.4) is 0 Å². The molecule has 0 saturated carbocycles. The minimum absolute atomic E-state index is 0.0180. The Balaban J connectivity index is 1.97. The number of hydrogen-bond donors (Lipinski definition) is 0. The predicted molar refractivity (Wildman–Crippen MR) is 138 cm³/mol. The van der Waals surface area contributed by atoms with Crippen molar-refractivity contribution in [1.29, 1.82) is 0 Å². The van der Waals surface area contributed by atoms with Crippen molar-refractivity contribution in [2.75, 3.05) is 20.1 Å². The molecule has 0 aromatic heterocycles. The first-order valence-corrected chi connectivity index (χ1v) is 13.0. The van der Waals surface area contributed by atoms with Crippen LogP contribution in [0.4, 0.5) is 35.5 Å². The summed E-state index contributed by atoms with van der Waals surface area (Å²) in [6, 6.07) is 4.63. The van der Waals surface area contributed by atoms with Gasteiger partial charge in [-0.3, -0.25) is 4.79 Å². The van der Waals surface area contributed by atoms with E-state index in [0.29, 0.717) is 23.3 Å². The summed E-state index contributed by atoms with van der Waals surface area (Å²) in [6.45, 7) is 8.35. The second kappa shape index (κ2) is 11.5. The van der Waals surface area contributed by atoms with Gasteiger partial charge in [0.25, 0.3) is 0 Å². The highest BCUT2D eigenvalue weighted by molar-refractivity contribution is 5.83. The molecule has 1 fully saturated rings. The summed E-state index contributed by atoms with van der Waals surface area (Å²) in [4.78, 5) is 29.2. The molecule has 1 aliphatic heterocycles. The molecule has 0 unspecified atom stereocenters. The fraction of sp³-hybridized carbons (Fsp3) is 0.517. The fourth-order valence-electron chi connectivity index (χ4n) is 5.10. The molecule has 1 saturated heterocycles. The van der Waals surface area contributed by atoms with Crippen LogP contribution in [0.15, 0.2) is 36.4 Å². The Hall–Kier alpha value is -3.31. The van der Waals surface area contributed by atoms with E-state index in [4.69, 9.17) is 4.74 Å². The van der Waals surface area contributed by atoms with Crippen LogP contribution in [0.2, 0.25) is 0 Å². The van der Waals surface area contributed by atoms with Crippen molar-refractivity contribution in [3.63, 3.8) is 0 Å². The average molecular weight is 591 g/mol. The third-order valence-corrected chi connectivity index (χ3v) is 7.18. The summed E-state index contributed by atoms with van der Waals surface area (Å²) >= 11 is 0. The normalized spacial score (nSPS) is 19.1. The predicted octanol–water partition coefficient (Wildman–Crippen LogP) is 7.53. The number of nitrogens with zero attached hydrogens (tertiary/aromatic N) is 2. The summed E-state index contributed by atoms with van der Waals surface area (Å²) in [5.74, 6) is -3.06. The van der Waals surface area contributed by atoms with E-state index < -0.39 is 70.3 Å². The van der Waals surface area contributed by atoms with E-state index in [9.17, 15) is 40.3 Å².